The Morgan fingerprint density at radius 1 is 1.27 bits per heavy atom. The first-order valence-corrected chi connectivity index (χ1v) is 7.11. The van der Waals surface area contributed by atoms with Gasteiger partial charge in [0.15, 0.2) is 10.8 Å². The lowest BCUT2D eigenvalue weighted by atomic mass is 10.3. The summed E-state index contributed by atoms with van der Waals surface area (Å²) in [5.74, 6) is -0.662. The molecule has 2 aromatic heterocycles. The van der Waals surface area contributed by atoms with Gasteiger partial charge >= 0.3 is 0 Å². The molecule has 22 heavy (non-hydrogen) atoms. The van der Waals surface area contributed by atoms with E-state index in [0.29, 0.717) is 11.4 Å². The summed E-state index contributed by atoms with van der Waals surface area (Å²) >= 11 is 17.5. The summed E-state index contributed by atoms with van der Waals surface area (Å²) in [5, 5.41) is 3.73. The maximum Gasteiger partial charge on any atom is 0.291 e. The second-order valence-corrected chi connectivity index (χ2v) is 5.26. The SMILES string of the molecule is CC(=NNC(=O)c1nc(Cl)c(Cl)c(N)c1Cl)c1ccccn1. The van der Waals surface area contributed by atoms with Crippen molar-refractivity contribution in [2.24, 2.45) is 5.10 Å². The molecule has 6 nitrogen and oxygen atoms in total. The largest absolute Gasteiger partial charge is 0.396 e. The maximum absolute atomic E-state index is 12.1. The lowest BCUT2D eigenvalue weighted by Gasteiger charge is -2.08. The summed E-state index contributed by atoms with van der Waals surface area (Å²) in [6.45, 7) is 1.70. The lowest BCUT2D eigenvalue weighted by Crippen LogP contribution is -2.22. The van der Waals surface area contributed by atoms with Crippen molar-refractivity contribution in [3.63, 3.8) is 0 Å². The first-order valence-electron chi connectivity index (χ1n) is 5.97. The summed E-state index contributed by atoms with van der Waals surface area (Å²) in [5.41, 5.74) is 8.93. The molecule has 0 aliphatic carbocycles. The highest BCUT2D eigenvalue weighted by atomic mass is 35.5. The van der Waals surface area contributed by atoms with Gasteiger partial charge in [0.05, 0.1) is 22.1 Å². The maximum atomic E-state index is 12.1. The number of hydrogen-bond donors (Lipinski definition) is 2. The smallest absolute Gasteiger partial charge is 0.291 e. The Morgan fingerprint density at radius 3 is 2.64 bits per heavy atom. The van der Waals surface area contributed by atoms with E-state index in [1.807, 2.05) is 0 Å². The molecule has 0 spiro atoms. The Hall–Kier alpha value is -1.89. The predicted molar refractivity (Wildman–Crippen MR) is 87.6 cm³/mol. The fraction of sp³-hybridized carbons (Fsp3) is 0.0769. The van der Waals surface area contributed by atoms with Crippen LogP contribution >= 0.6 is 34.8 Å². The molecular formula is C13H10Cl3N5O. The van der Waals surface area contributed by atoms with E-state index in [1.54, 1.807) is 31.3 Å². The fourth-order valence-corrected chi connectivity index (χ4v) is 2.10. The van der Waals surface area contributed by atoms with Crippen molar-refractivity contribution in [1.29, 1.82) is 0 Å². The normalized spacial score (nSPS) is 11.4. The number of nitrogens with one attached hydrogen (secondary N) is 1. The number of hydrogen-bond acceptors (Lipinski definition) is 5. The third-order valence-corrected chi connectivity index (χ3v) is 3.78. The van der Waals surface area contributed by atoms with Crippen LogP contribution in [0.2, 0.25) is 15.2 Å². The van der Waals surface area contributed by atoms with Gasteiger partial charge in [0.25, 0.3) is 5.91 Å². The molecule has 0 atom stereocenters. The van der Waals surface area contributed by atoms with Crippen LogP contribution in [0.5, 0.6) is 0 Å². The van der Waals surface area contributed by atoms with Gasteiger partial charge in [-0.2, -0.15) is 5.10 Å². The lowest BCUT2D eigenvalue weighted by molar-refractivity contribution is 0.0950. The minimum atomic E-state index is -0.662. The molecule has 0 aromatic carbocycles. The number of halogens is 3. The highest BCUT2D eigenvalue weighted by Crippen LogP contribution is 2.34. The van der Waals surface area contributed by atoms with Crippen molar-refractivity contribution in [3.05, 3.63) is 51.0 Å². The minimum absolute atomic E-state index is 0.00335. The van der Waals surface area contributed by atoms with Gasteiger partial charge in [-0.05, 0) is 19.1 Å². The van der Waals surface area contributed by atoms with Crippen LogP contribution in [0.25, 0.3) is 0 Å². The topological polar surface area (TPSA) is 93.3 Å². The molecule has 0 radical (unpaired) electrons. The molecule has 9 heteroatoms. The van der Waals surface area contributed by atoms with Gasteiger partial charge in [0, 0.05) is 6.20 Å². The average molecular weight is 359 g/mol. The molecule has 2 rings (SSSR count). The van der Waals surface area contributed by atoms with Crippen LogP contribution in [-0.2, 0) is 0 Å². The number of amides is 1. The van der Waals surface area contributed by atoms with Crippen molar-refractivity contribution < 1.29 is 4.79 Å². The van der Waals surface area contributed by atoms with Crippen LogP contribution in [0.15, 0.2) is 29.5 Å². The average Bonchev–Trinajstić information content (AvgIpc) is 2.54. The summed E-state index contributed by atoms with van der Waals surface area (Å²) in [7, 11) is 0. The van der Waals surface area contributed by atoms with Gasteiger partial charge in [-0.15, -0.1) is 0 Å². The minimum Gasteiger partial charge on any atom is -0.396 e. The van der Waals surface area contributed by atoms with Crippen molar-refractivity contribution in [1.82, 2.24) is 15.4 Å². The highest BCUT2D eigenvalue weighted by molar-refractivity contribution is 6.46. The summed E-state index contributed by atoms with van der Waals surface area (Å²) in [6.07, 6.45) is 1.62. The van der Waals surface area contributed by atoms with Gasteiger partial charge in [0.1, 0.15) is 5.02 Å². The van der Waals surface area contributed by atoms with Gasteiger partial charge in [-0.25, -0.2) is 10.4 Å². The number of carbonyl (C=O) groups excluding carboxylic acids is 1. The summed E-state index contributed by atoms with van der Waals surface area (Å²) < 4.78 is 0. The van der Waals surface area contributed by atoms with Crippen molar-refractivity contribution >= 4 is 52.1 Å². The van der Waals surface area contributed by atoms with E-state index in [-0.39, 0.29) is 26.6 Å². The molecular weight excluding hydrogens is 349 g/mol. The van der Waals surface area contributed by atoms with E-state index >= 15 is 0 Å². The third kappa shape index (κ3) is 3.47. The monoisotopic (exact) mass is 357 g/mol. The van der Waals surface area contributed by atoms with E-state index in [1.165, 1.54) is 0 Å². The Morgan fingerprint density at radius 2 is 2.00 bits per heavy atom. The van der Waals surface area contributed by atoms with E-state index in [9.17, 15) is 4.79 Å². The number of nitrogen functional groups attached to an aromatic ring is 1. The molecule has 3 N–H and O–H groups in total. The van der Waals surface area contributed by atoms with Crippen LogP contribution in [0, 0.1) is 0 Å². The number of aromatic nitrogens is 2. The predicted octanol–water partition coefficient (Wildman–Crippen LogP) is 3.17. The van der Waals surface area contributed by atoms with Crippen LogP contribution in [-0.4, -0.2) is 21.6 Å². The van der Waals surface area contributed by atoms with Crippen LogP contribution in [0.1, 0.15) is 23.1 Å². The van der Waals surface area contributed by atoms with Gasteiger partial charge in [0.2, 0.25) is 0 Å². The number of nitrogens with zero attached hydrogens (tertiary/aromatic N) is 3. The number of anilines is 1. The van der Waals surface area contributed by atoms with Crippen molar-refractivity contribution in [2.75, 3.05) is 5.73 Å². The molecule has 0 aliphatic heterocycles. The first-order chi connectivity index (χ1) is 10.4. The molecule has 0 saturated carbocycles. The number of nitrogens with two attached hydrogens (primary N) is 1. The standard InChI is InChI=1S/C13H10Cl3N5O/c1-6(7-4-2-3-5-18-7)20-21-13(22)11-8(14)10(17)9(15)12(16)19-11/h2-5H,1H3,(H2,17,19)(H,21,22). The Labute approximate surface area is 141 Å². The van der Waals surface area contributed by atoms with Crippen molar-refractivity contribution in [3.8, 4) is 0 Å². The molecule has 0 aliphatic rings. The zero-order chi connectivity index (χ0) is 16.3. The molecule has 2 aromatic rings. The fourth-order valence-electron chi connectivity index (χ4n) is 1.50. The van der Waals surface area contributed by atoms with Crippen LogP contribution < -0.4 is 11.2 Å². The molecule has 2 heterocycles. The Balaban J connectivity index is 2.24. The van der Waals surface area contributed by atoms with Crippen LogP contribution in [0.3, 0.4) is 0 Å². The molecule has 1 amide bonds. The van der Waals surface area contributed by atoms with E-state index in [2.05, 4.69) is 20.5 Å². The van der Waals surface area contributed by atoms with E-state index < -0.39 is 5.91 Å². The van der Waals surface area contributed by atoms with E-state index in [4.69, 9.17) is 40.5 Å². The second kappa shape index (κ2) is 6.91. The van der Waals surface area contributed by atoms with Crippen molar-refractivity contribution in [2.45, 2.75) is 6.92 Å². The Bertz CT molecular complexity index is 749. The van der Waals surface area contributed by atoms with Gasteiger partial charge in [-0.3, -0.25) is 9.78 Å². The third-order valence-electron chi connectivity index (χ3n) is 2.65. The summed E-state index contributed by atoms with van der Waals surface area (Å²) in [6, 6.07) is 5.34. The molecule has 0 fully saturated rings. The van der Waals surface area contributed by atoms with Crippen LogP contribution in [0.4, 0.5) is 5.69 Å². The molecule has 0 unspecified atom stereocenters. The molecule has 114 valence electrons. The first kappa shape index (κ1) is 16.5. The Kier molecular flexibility index (Phi) is 5.18. The zero-order valence-corrected chi connectivity index (χ0v) is 13.5. The number of pyridine rings is 2. The number of carbonyl (C=O) groups is 1. The second-order valence-electron chi connectivity index (χ2n) is 4.15. The number of rotatable bonds is 3. The highest BCUT2D eigenvalue weighted by Gasteiger charge is 2.19. The van der Waals surface area contributed by atoms with E-state index in [0.717, 1.165) is 0 Å². The zero-order valence-electron chi connectivity index (χ0n) is 11.3. The molecule has 0 saturated heterocycles. The van der Waals surface area contributed by atoms with Gasteiger partial charge in [-0.1, -0.05) is 40.9 Å². The number of hydrazone groups is 1. The molecule has 0 bridgehead atoms. The quantitative estimate of drug-likeness (QED) is 0.500. The van der Waals surface area contributed by atoms with Gasteiger partial charge < -0.3 is 5.73 Å². The summed E-state index contributed by atoms with van der Waals surface area (Å²) in [4.78, 5) is 20.0.